The Hall–Kier alpha value is -2.46. The predicted octanol–water partition coefficient (Wildman–Crippen LogP) is 1.35. The topological polar surface area (TPSA) is 104 Å². The third-order valence-electron chi connectivity index (χ3n) is 3.68. The van der Waals surface area contributed by atoms with Gasteiger partial charge in [0.15, 0.2) is 5.65 Å². The van der Waals surface area contributed by atoms with E-state index in [1.807, 2.05) is 10.6 Å². The van der Waals surface area contributed by atoms with Crippen LogP contribution in [-0.2, 0) is 4.79 Å². The number of carbonyl (C=O) groups excluding carboxylic acids is 1. The first-order valence-corrected chi connectivity index (χ1v) is 6.92. The van der Waals surface area contributed by atoms with Gasteiger partial charge in [-0.25, -0.2) is 9.97 Å². The van der Waals surface area contributed by atoms with E-state index in [0.29, 0.717) is 22.8 Å². The maximum Gasteiger partial charge on any atom is 0.228 e. The summed E-state index contributed by atoms with van der Waals surface area (Å²) in [4.78, 5) is 20.4. The Bertz CT molecular complexity index is 727. The van der Waals surface area contributed by atoms with Gasteiger partial charge in [-0.3, -0.25) is 14.7 Å². The minimum Gasteiger partial charge on any atom is -0.396 e. The van der Waals surface area contributed by atoms with Gasteiger partial charge in [0.25, 0.3) is 0 Å². The van der Waals surface area contributed by atoms with Crippen molar-refractivity contribution in [1.82, 2.24) is 14.5 Å². The summed E-state index contributed by atoms with van der Waals surface area (Å²) in [6.07, 6.45) is 3.18. The van der Waals surface area contributed by atoms with Gasteiger partial charge in [0.05, 0.1) is 13.0 Å². The Morgan fingerprint density at radius 1 is 1.48 bits per heavy atom. The molecule has 1 aliphatic carbocycles. The molecule has 0 aromatic carbocycles. The highest BCUT2D eigenvalue weighted by molar-refractivity contribution is 5.91. The molecule has 0 saturated heterocycles. The Kier molecular flexibility index (Phi) is 3.54. The summed E-state index contributed by atoms with van der Waals surface area (Å²) >= 11 is 0. The molecule has 0 spiro atoms. The van der Waals surface area contributed by atoms with E-state index >= 15 is 0 Å². The third-order valence-corrected chi connectivity index (χ3v) is 3.68. The van der Waals surface area contributed by atoms with E-state index in [0.717, 1.165) is 19.3 Å². The van der Waals surface area contributed by atoms with E-state index in [4.69, 9.17) is 10.4 Å². The quantitative estimate of drug-likeness (QED) is 0.882. The molecule has 2 aromatic heterocycles. The zero-order valence-electron chi connectivity index (χ0n) is 11.4. The van der Waals surface area contributed by atoms with Crippen molar-refractivity contribution in [2.45, 2.75) is 31.7 Å². The number of hydrogen-bond acceptors (Lipinski definition) is 5. The highest BCUT2D eigenvalue weighted by atomic mass is 16.3. The number of anilines is 1. The first-order valence-electron chi connectivity index (χ1n) is 6.92. The SMILES string of the molecule is N#Cc1ccc2nc(NC(=O)CCO)n(C3CCC3)c2n1. The van der Waals surface area contributed by atoms with Gasteiger partial charge in [0.1, 0.15) is 17.3 Å². The minimum atomic E-state index is -0.283. The van der Waals surface area contributed by atoms with Crippen LogP contribution in [-0.4, -0.2) is 32.2 Å². The van der Waals surface area contributed by atoms with Crippen molar-refractivity contribution < 1.29 is 9.90 Å². The van der Waals surface area contributed by atoms with Crippen molar-refractivity contribution in [3.05, 3.63) is 17.8 Å². The van der Waals surface area contributed by atoms with E-state index in [-0.39, 0.29) is 25.0 Å². The third kappa shape index (κ3) is 2.45. The Morgan fingerprint density at radius 3 is 2.90 bits per heavy atom. The fourth-order valence-corrected chi connectivity index (χ4v) is 2.40. The fourth-order valence-electron chi connectivity index (χ4n) is 2.40. The number of aliphatic hydroxyl groups excluding tert-OH is 1. The second kappa shape index (κ2) is 5.50. The average Bonchev–Trinajstić information content (AvgIpc) is 2.75. The minimum absolute atomic E-state index is 0.0325. The molecule has 2 heterocycles. The van der Waals surface area contributed by atoms with Crippen molar-refractivity contribution >= 4 is 23.0 Å². The number of aliphatic hydroxyl groups is 1. The van der Waals surface area contributed by atoms with Gasteiger partial charge in [0.2, 0.25) is 11.9 Å². The Labute approximate surface area is 121 Å². The summed E-state index contributed by atoms with van der Waals surface area (Å²) in [5, 5.41) is 20.5. The molecular weight excluding hydrogens is 270 g/mol. The molecule has 0 radical (unpaired) electrons. The van der Waals surface area contributed by atoms with Crippen LogP contribution in [0.25, 0.3) is 11.2 Å². The molecule has 2 N–H and O–H groups in total. The number of pyridine rings is 1. The van der Waals surface area contributed by atoms with Crippen molar-refractivity contribution in [2.24, 2.45) is 0 Å². The molecule has 1 amide bonds. The number of nitrogens with zero attached hydrogens (tertiary/aromatic N) is 4. The van der Waals surface area contributed by atoms with Crippen LogP contribution in [0.3, 0.4) is 0 Å². The molecule has 0 bridgehead atoms. The van der Waals surface area contributed by atoms with Gasteiger partial charge in [-0.2, -0.15) is 5.26 Å². The smallest absolute Gasteiger partial charge is 0.228 e. The molecule has 108 valence electrons. The molecule has 1 saturated carbocycles. The largest absolute Gasteiger partial charge is 0.396 e. The molecule has 0 aliphatic heterocycles. The molecular formula is C14H15N5O2. The lowest BCUT2D eigenvalue weighted by molar-refractivity contribution is -0.116. The second-order valence-corrected chi connectivity index (χ2v) is 5.06. The number of rotatable bonds is 4. The van der Waals surface area contributed by atoms with E-state index in [1.54, 1.807) is 12.1 Å². The molecule has 7 heteroatoms. The second-order valence-electron chi connectivity index (χ2n) is 5.06. The number of aromatic nitrogens is 3. The van der Waals surface area contributed by atoms with Crippen LogP contribution in [0, 0.1) is 11.3 Å². The van der Waals surface area contributed by atoms with E-state index in [1.165, 1.54) is 0 Å². The van der Waals surface area contributed by atoms with E-state index in [2.05, 4.69) is 15.3 Å². The highest BCUT2D eigenvalue weighted by Gasteiger charge is 2.26. The van der Waals surface area contributed by atoms with Crippen LogP contribution < -0.4 is 5.32 Å². The van der Waals surface area contributed by atoms with Gasteiger partial charge in [-0.1, -0.05) is 0 Å². The van der Waals surface area contributed by atoms with Crippen molar-refractivity contribution in [1.29, 1.82) is 5.26 Å². The lowest BCUT2D eigenvalue weighted by Crippen LogP contribution is -2.22. The van der Waals surface area contributed by atoms with Crippen molar-refractivity contribution in [3.63, 3.8) is 0 Å². The molecule has 0 atom stereocenters. The number of carbonyl (C=O) groups is 1. The molecule has 3 rings (SSSR count). The van der Waals surface area contributed by atoms with Crippen LogP contribution in [0.15, 0.2) is 12.1 Å². The molecule has 21 heavy (non-hydrogen) atoms. The average molecular weight is 285 g/mol. The summed E-state index contributed by atoms with van der Waals surface area (Å²) in [7, 11) is 0. The van der Waals surface area contributed by atoms with E-state index in [9.17, 15) is 4.79 Å². The van der Waals surface area contributed by atoms with Crippen LogP contribution >= 0.6 is 0 Å². The first kappa shape index (κ1) is 13.5. The summed E-state index contributed by atoms with van der Waals surface area (Å²) in [5.74, 6) is 0.157. The van der Waals surface area contributed by atoms with Gasteiger partial charge >= 0.3 is 0 Å². The van der Waals surface area contributed by atoms with Crippen molar-refractivity contribution in [3.8, 4) is 6.07 Å². The van der Waals surface area contributed by atoms with Gasteiger partial charge in [-0.05, 0) is 31.4 Å². The lowest BCUT2D eigenvalue weighted by Gasteiger charge is -2.28. The van der Waals surface area contributed by atoms with Crippen LogP contribution in [0.5, 0.6) is 0 Å². The van der Waals surface area contributed by atoms with Gasteiger partial charge in [-0.15, -0.1) is 0 Å². The number of amides is 1. The van der Waals surface area contributed by atoms with Crippen LogP contribution in [0.2, 0.25) is 0 Å². The number of fused-ring (bicyclic) bond motifs is 1. The number of hydrogen-bond donors (Lipinski definition) is 2. The normalized spacial score (nSPS) is 14.7. The monoisotopic (exact) mass is 285 g/mol. The Balaban J connectivity index is 2.05. The van der Waals surface area contributed by atoms with Crippen LogP contribution in [0.4, 0.5) is 5.95 Å². The molecule has 2 aromatic rings. The zero-order valence-corrected chi connectivity index (χ0v) is 11.4. The van der Waals surface area contributed by atoms with E-state index < -0.39 is 0 Å². The first-order chi connectivity index (χ1) is 10.2. The van der Waals surface area contributed by atoms with Crippen LogP contribution in [0.1, 0.15) is 37.4 Å². The summed E-state index contributed by atoms with van der Waals surface area (Å²) in [6, 6.07) is 5.61. The number of nitriles is 1. The molecule has 7 nitrogen and oxygen atoms in total. The molecule has 1 fully saturated rings. The number of nitrogens with one attached hydrogen (secondary N) is 1. The predicted molar refractivity (Wildman–Crippen MR) is 75.5 cm³/mol. The maximum absolute atomic E-state index is 11.7. The number of imidazole rings is 1. The fraction of sp³-hybridized carbons (Fsp3) is 0.429. The standard InChI is InChI=1S/C14H15N5O2/c15-8-9-4-5-11-13(16-9)19(10-2-1-3-10)14(17-11)18-12(21)6-7-20/h4-5,10,20H,1-3,6-7H2,(H,17,18,21). The summed E-state index contributed by atoms with van der Waals surface area (Å²) in [5.41, 5.74) is 1.61. The summed E-state index contributed by atoms with van der Waals surface area (Å²) in [6.45, 7) is -0.202. The molecule has 0 unspecified atom stereocenters. The molecule has 1 aliphatic rings. The summed E-state index contributed by atoms with van der Waals surface area (Å²) < 4.78 is 1.90. The maximum atomic E-state index is 11.7. The van der Waals surface area contributed by atoms with Crippen molar-refractivity contribution in [2.75, 3.05) is 11.9 Å². The Morgan fingerprint density at radius 2 is 2.29 bits per heavy atom. The highest BCUT2D eigenvalue weighted by Crippen LogP contribution is 2.36. The van der Waals surface area contributed by atoms with Gasteiger partial charge < -0.3 is 5.11 Å². The zero-order chi connectivity index (χ0) is 14.8. The van der Waals surface area contributed by atoms with Gasteiger partial charge in [0, 0.05) is 6.04 Å². The lowest BCUT2D eigenvalue weighted by atomic mass is 9.93.